The second kappa shape index (κ2) is 6.74. The minimum absolute atomic E-state index is 0.571. The highest BCUT2D eigenvalue weighted by Crippen LogP contribution is 2.34. The summed E-state index contributed by atoms with van der Waals surface area (Å²) in [7, 11) is 5.93. The lowest BCUT2D eigenvalue weighted by molar-refractivity contribution is 0.315. The number of likely N-dealkylation sites (N-methyl/N-ethyl adjacent to an activating group) is 1. The molecule has 1 fully saturated rings. The van der Waals surface area contributed by atoms with Gasteiger partial charge < -0.3 is 19.9 Å². The van der Waals surface area contributed by atoms with Crippen LogP contribution in [0.4, 0.5) is 11.6 Å². The first-order valence-electron chi connectivity index (χ1n) is 7.21. The Balaban J connectivity index is 2.19. The van der Waals surface area contributed by atoms with Crippen molar-refractivity contribution in [3.63, 3.8) is 0 Å². The molecule has 1 N–H and O–H groups in total. The monoisotopic (exact) mass is 279 g/mol. The molecule has 112 valence electrons. The molecule has 0 saturated carbocycles. The molecule has 1 atom stereocenters. The number of rotatable bonds is 6. The van der Waals surface area contributed by atoms with Gasteiger partial charge in [0.15, 0.2) is 11.6 Å². The zero-order valence-corrected chi connectivity index (χ0v) is 12.9. The quantitative estimate of drug-likeness (QED) is 0.850. The zero-order valence-electron chi connectivity index (χ0n) is 12.9. The van der Waals surface area contributed by atoms with E-state index in [0.717, 1.165) is 49.9 Å². The predicted octanol–water partition coefficient (Wildman–Crippen LogP) is 1.45. The highest BCUT2D eigenvalue weighted by Gasteiger charge is 2.28. The summed E-state index contributed by atoms with van der Waals surface area (Å²) < 4.78 is 5.54. The van der Waals surface area contributed by atoms with Crippen LogP contribution < -0.4 is 15.0 Å². The topological polar surface area (TPSA) is 53.5 Å². The van der Waals surface area contributed by atoms with Gasteiger partial charge in [-0.05, 0) is 26.9 Å². The van der Waals surface area contributed by atoms with Crippen molar-refractivity contribution < 1.29 is 4.74 Å². The maximum Gasteiger partial charge on any atom is 0.204 e. The van der Waals surface area contributed by atoms with Gasteiger partial charge in [-0.25, -0.2) is 9.97 Å². The van der Waals surface area contributed by atoms with Crippen LogP contribution in [0.2, 0.25) is 0 Å². The van der Waals surface area contributed by atoms with E-state index in [1.165, 1.54) is 0 Å². The standard InChI is InChI=1S/C14H25N5O/c1-5-7-15-13-12(20-4)14(17-10-16-13)19-8-6-11(9-19)18(2)3/h10-11H,5-9H2,1-4H3,(H,15,16,17). The smallest absolute Gasteiger partial charge is 0.204 e. The second-order valence-electron chi connectivity index (χ2n) is 5.36. The summed E-state index contributed by atoms with van der Waals surface area (Å²) in [5.41, 5.74) is 0. The SMILES string of the molecule is CCCNc1ncnc(N2CCC(N(C)C)C2)c1OC. The van der Waals surface area contributed by atoms with Crippen LogP contribution in [-0.2, 0) is 0 Å². The average Bonchev–Trinajstić information content (AvgIpc) is 2.94. The number of anilines is 2. The van der Waals surface area contributed by atoms with Gasteiger partial charge in [0.2, 0.25) is 5.75 Å². The lowest BCUT2D eigenvalue weighted by atomic mass is 10.2. The molecule has 0 radical (unpaired) electrons. The fourth-order valence-electron chi connectivity index (χ4n) is 2.50. The fraction of sp³-hybridized carbons (Fsp3) is 0.714. The van der Waals surface area contributed by atoms with Crippen LogP contribution in [0.15, 0.2) is 6.33 Å². The molecule has 0 amide bonds. The highest BCUT2D eigenvalue weighted by atomic mass is 16.5. The van der Waals surface area contributed by atoms with E-state index in [2.05, 4.69) is 46.1 Å². The summed E-state index contributed by atoms with van der Waals surface area (Å²) in [6, 6.07) is 0.571. The van der Waals surface area contributed by atoms with Crippen molar-refractivity contribution in [2.45, 2.75) is 25.8 Å². The van der Waals surface area contributed by atoms with Gasteiger partial charge in [-0.2, -0.15) is 0 Å². The van der Waals surface area contributed by atoms with Gasteiger partial charge >= 0.3 is 0 Å². The molecule has 2 heterocycles. The van der Waals surface area contributed by atoms with E-state index in [-0.39, 0.29) is 0 Å². The van der Waals surface area contributed by atoms with Crippen molar-refractivity contribution >= 4 is 11.6 Å². The molecule has 1 aromatic heterocycles. The molecule has 0 aromatic carbocycles. The Kier molecular flexibility index (Phi) is 5.00. The Hall–Kier alpha value is -1.56. The molecular formula is C14H25N5O. The molecule has 0 spiro atoms. The van der Waals surface area contributed by atoms with Gasteiger partial charge in [0, 0.05) is 25.7 Å². The number of nitrogens with zero attached hydrogens (tertiary/aromatic N) is 4. The molecular weight excluding hydrogens is 254 g/mol. The average molecular weight is 279 g/mol. The number of hydrogen-bond donors (Lipinski definition) is 1. The molecule has 1 aromatic rings. The van der Waals surface area contributed by atoms with Crippen LogP contribution in [0.3, 0.4) is 0 Å². The summed E-state index contributed by atoms with van der Waals surface area (Å²) in [5.74, 6) is 2.43. The Labute approximate surface area is 121 Å². The third-order valence-electron chi connectivity index (χ3n) is 3.72. The van der Waals surface area contributed by atoms with E-state index in [1.54, 1.807) is 13.4 Å². The zero-order chi connectivity index (χ0) is 14.5. The van der Waals surface area contributed by atoms with Crippen molar-refractivity contribution in [1.29, 1.82) is 0 Å². The summed E-state index contributed by atoms with van der Waals surface area (Å²) in [4.78, 5) is 13.3. The summed E-state index contributed by atoms with van der Waals surface area (Å²) in [6.45, 7) is 4.99. The van der Waals surface area contributed by atoms with Crippen LogP contribution in [0.25, 0.3) is 0 Å². The summed E-state index contributed by atoms with van der Waals surface area (Å²) in [5, 5.41) is 3.30. The highest BCUT2D eigenvalue weighted by molar-refractivity contribution is 5.65. The van der Waals surface area contributed by atoms with E-state index < -0.39 is 0 Å². The van der Waals surface area contributed by atoms with Crippen molar-refractivity contribution in [2.24, 2.45) is 0 Å². The van der Waals surface area contributed by atoms with Gasteiger partial charge in [-0.3, -0.25) is 0 Å². The first-order valence-corrected chi connectivity index (χ1v) is 7.21. The fourth-order valence-corrected chi connectivity index (χ4v) is 2.50. The number of methoxy groups -OCH3 is 1. The number of aromatic nitrogens is 2. The lowest BCUT2D eigenvalue weighted by Crippen LogP contribution is -2.32. The van der Waals surface area contributed by atoms with E-state index in [9.17, 15) is 0 Å². The van der Waals surface area contributed by atoms with Gasteiger partial charge in [-0.1, -0.05) is 6.92 Å². The van der Waals surface area contributed by atoms with E-state index >= 15 is 0 Å². The molecule has 0 aliphatic carbocycles. The third kappa shape index (κ3) is 3.12. The molecule has 1 saturated heterocycles. The Morgan fingerprint density at radius 1 is 1.45 bits per heavy atom. The van der Waals surface area contributed by atoms with Crippen LogP contribution in [-0.4, -0.2) is 61.7 Å². The first kappa shape index (κ1) is 14.8. The second-order valence-corrected chi connectivity index (χ2v) is 5.36. The van der Waals surface area contributed by atoms with Crippen LogP contribution in [0, 0.1) is 0 Å². The van der Waals surface area contributed by atoms with E-state index in [0.29, 0.717) is 6.04 Å². The maximum atomic E-state index is 5.54. The van der Waals surface area contributed by atoms with Crippen LogP contribution in [0.5, 0.6) is 5.75 Å². The van der Waals surface area contributed by atoms with Crippen LogP contribution in [0.1, 0.15) is 19.8 Å². The number of nitrogens with one attached hydrogen (secondary N) is 1. The largest absolute Gasteiger partial charge is 0.490 e. The Morgan fingerprint density at radius 2 is 2.25 bits per heavy atom. The van der Waals surface area contributed by atoms with Crippen molar-refractivity contribution in [3.8, 4) is 5.75 Å². The number of ether oxygens (including phenoxy) is 1. The molecule has 0 bridgehead atoms. The number of hydrogen-bond acceptors (Lipinski definition) is 6. The van der Waals surface area contributed by atoms with E-state index in [1.807, 2.05) is 0 Å². The minimum atomic E-state index is 0.571. The Bertz CT molecular complexity index is 438. The Morgan fingerprint density at radius 3 is 2.85 bits per heavy atom. The van der Waals surface area contributed by atoms with Crippen molar-refractivity contribution in [3.05, 3.63) is 6.33 Å². The molecule has 6 nitrogen and oxygen atoms in total. The van der Waals surface area contributed by atoms with Gasteiger partial charge in [0.05, 0.1) is 7.11 Å². The van der Waals surface area contributed by atoms with Crippen LogP contribution >= 0.6 is 0 Å². The van der Waals surface area contributed by atoms with Gasteiger partial charge in [-0.15, -0.1) is 0 Å². The van der Waals surface area contributed by atoms with Gasteiger partial charge in [0.1, 0.15) is 6.33 Å². The molecule has 2 rings (SSSR count). The molecule has 6 heteroatoms. The normalized spacial score (nSPS) is 18.6. The molecule has 1 unspecified atom stereocenters. The molecule has 1 aliphatic heterocycles. The van der Waals surface area contributed by atoms with Gasteiger partial charge in [0.25, 0.3) is 0 Å². The van der Waals surface area contributed by atoms with E-state index in [4.69, 9.17) is 4.74 Å². The maximum absolute atomic E-state index is 5.54. The first-order chi connectivity index (χ1) is 9.67. The molecule has 20 heavy (non-hydrogen) atoms. The predicted molar refractivity (Wildman–Crippen MR) is 81.7 cm³/mol. The van der Waals surface area contributed by atoms with Crippen molar-refractivity contribution in [2.75, 3.05) is 51.1 Å². The van der Waals surface area contributed by atoms with Crippen molar-refractivity contribution in [1.82, 2.24) is 14.9 Å². The summed E-state index contributed by atoms with van der Waals surface area (Å²) >= 11 is 0. The summed E-state index contributed by atoms with van der Waals surface area (Å²) in [6.07, 6.45) is 3.81. The minimum Gasteiger partial charge on any atom is -0.490 e. The third-order valence-corrected chi connectivity index (χ3v) is 3.72. The molecule has 1 aliphatic rings. The lowest BCUT2D eigenvalue weighted by Gasteiger charge is -2.23.